The highest BCUT2D eigenvalue weighted by molar-refractivity contribution is 5.64. The maximum atomic E-state index is 9.34. The third-order valence-electron chi connectivity index (χ3n) is 0.129. The Kier molecular flexibility index (Phi) is 113. The zero-order valence-electron chi connectivity index (χ0n) is 7.51. The molecule has 0 aromatic heterocycles. The minimum Gasteiger partial charge on any atom is -0.481 e. The van der Waals surface area contributed by atoms with E-state index in [1.165, 1.54) is 0 Å². The van der Waals surface area contributed by atoms with Gasteiger partial charge in [0.15, 0.2) is 0 Å². The van der Waals surface area contributed by atoms with Crippen LogP contribution in [-0.4, -0.2) is 38.3 Å². The summed E-state index contributed by atoms with van der Waals surface area (Å²) in [4.78, 5) is 21.5. The molecule has 0 saturated heterocycles. The second kappa shape index (κ2) is 41.0. The highest BCUT2D eigenvalue weighted by Gasteiger charge is 1.79. The molecular formula is C6H21O8+. The zero-order chi connectivity index (χ0) is 9.86. The van der Waals surface area contributed by atoms with Gasteiger partial charge in [-0.15, -0.1) is 0 Å². The van der Waals surface area contributed by atoms with Crippen LogP contribution in [0.15, 0.2) is 0 Å². The van der Waals surface area contributed by atoms with Crippen molar-refractivity contribution in [3.05, 3.63) is 0 Å². The Hall–Kier alpha value is -1.22. The van der Waals surface area contributed by atoms with Gasteiger partial charge in [-0.25, -0.2) is 4.79 Å². The van der Waals surface area contributed by atoms with Gasteiger partial charge >= 0.3 is 7.40 Å². The lowest BCUT2D eigenvalue weighted by atomic mass is 10.9. The van der Waals surface area contributed by atoms with Crippen molar-refractivity contribution >= 4 is 11.9 Å². The molecule has 0 aromatic rings. The molecule has 0 heterocycles. The molecule has 0 amide bonds. The van der Waals surface area contributed by atoms with E-state index in [1.807, 2.05) is 0 Å². The molecule has 0 aliphatic carbocycles. The molecule has 0 aromatic carbocycles. The number of aliphatic carboxylic acids is 1. The Morgan fingerprint density at radius 2 is 1.21 bits per heavy atom. The van der Waals surface area contributed by atoms with Gasteiger partial charge in [0.05, 0.1) is 0 Å². The normalized spacial score (nSPS) is 4.64. The van der Waals surface area contributed by atoms with Crippen LogP contribution in [-0.2, 0) is 14.5 Å². The average molecular weight is 221 g/mol. The molecule has 0 rings (SSSR count). The zero-order valence-corrected chi connectivity index (χ0v) is 6.51. The summed E-state index contributed by atoms with van der Waals surface area (Å²) >= 11 is 0. The second-order valence-electron chi connectivity index (χ2n) is 1.10. The first-order valence-electron chi connectivity index (χ1n) is 2.22. The smallest absolute Gasteiger partial charge is 0.481 e. The summed E-state index contributed by atoms with van der Waals surface area (Å²) in [5.74, 6) is -1.52. The molecule has 6 N–H and O–H groups in total. The SMILES string of the molecule is C.C.CC(=O)O.CC(=O)OO.O.OO.[H+]. The topological polar surface area (TPSA) is 156 Å². The minimum absolute atomic E-state index is 0. The second-order valence-corrected chi connectivity index (χ2v) is 1.10. The van der Waals surface area contributed by atoms with Gasteiger partial charge in [0, 0.05) is 13.8 Å². The molecule has 0 aliphatic heterocycles. The largest absolute Gasteiger partial charge is 1.00 e. The summed E-state index contributed by atoms with van der Waals surface area (Å²) in [5.41, 5.74) is 0. The molecule has 0 aliphatic rings. The van der Waals surface area contributed by atoms with Crippen LogP contribution in [0.5, 0.6) is 0 Å². The Balaban J connectivity index is -0.0000000120. The van der Waals surface area contributed by atoms with E-state index < -0.39 is 11.9 Å². The van der Waals surface area contributed by atoms with E-state index in [4.69, 9.17) is 25.7 Å². The van der Waals surface area contributed by atoms with E-state index in [0.717, 1.165) is 13.8 Å². The van der Waals surface area contributed by atoms with Crippen LogP contribution < -0.4 is 0 Å². The molecule has 92 valence electrons. The van der Waals surface area contributed by atoms with Crippen molar-refractivity contribution in [3.63, 3.8) is 0 Å². The van der Waals surface area contributed by atoms with E-state index >= 15 is 0 Å². The van der Waals surface area contributed by atoms with Crippen LogP contribution in [0.1, 0.15) is 30.1 Å². The van der Waals surface area contributed by atoms with Crippen molar-refractivity contribution in [2.45, 2.75) is 28.7 Å². The fourth-order valence-corrected chi connectivity index (χ4v) is 0. The number of hydrogen-bond acceptors (Lipinski definition) is 6. The fraction of sp³-hybridized carbons (Fsp3) is 0.667. The Morgan fingerprint density at radius 1 is 1.14 bits per heavy atom. The average Bonchev–Trinajstić information content (AvgIpc) is 1.91. The van der Waals surface area contributed by atoms with Gasteiger partial charge in [-0.05, 0) is 0 Å². The number of carbonyl (C=O) groups excluding carboxylic acids is 1. The lowest BCUT2D eigenvalue weighted by Gasteiger charge is -1.76. The lowest BCUT2D eigenvalue weighted by molar-refractivity contribution is -0.231. The van der Waals surface area contributed by atoms with Crippen molar-refractivity contribution in [1.82, 2.24) is 0 Å². The lowest BCUT2D eigenvalue weighted by Crippen LogP contribution is -1.89. The Bertz CT molecular complexity index is 103. The molecule has 0 spiro atoms. The van der Waals surface area contributed by atoms with Crippen LogP contribution >= 0.6 is 0 Å². The third kappa shape index (κ3) is 1690. The van der Waals surface area contributed by atoms with E-state index in [1.54, 1.807) is 0 Å². The van der Waals surface area contributed by atoms with Crippen LogP contribution in [0.3, 0.4) is 0 Å². The van der Waals surface area contributed by atoms with Gasteiger partial charge in [-0.1, -0.05) is 14.9 Å². The summed E-state index contributed by atoms with van der Waals surface area (Å²) < 4.78 is 0. The van der Waals surface area contributed by atoms with Gasteiger partial charge in [-0.3, -0.25) is 15.3 Å². The number of carboxylic acids is 1. The molecule has 0 atom stereocenters. The molecule has 8 heteroatoms. The van der Waals surface area contributed by atoms with E-state index in [-0.39, 0.29) is 21.8 Å². The van der Waals surface area contributed by atoms with Crippen molar-refractivity contribution in [3.8, 4) is 0 Å². The highest BCUT2D eigenvalue weighted by atomic mass is 17.1. The van der Waals surface area contributed by atoms with Gasteiger partial charge in [0.1, 0.15) is 0 Å². The number of rotatable bonds is 0. The van der Waals surface area contributed by atoms with Crippen LogP contribution in [0, 0.1) is 0 Å². The summed E-state index contributed by atoms with van der Waals surface area (Å²) in [7, 11) is 0. The van der Waals surface area contributed by atoms with Crippen molar-refractivity contribution in [2.24, 2.45) is 0 Å². The van der Waals surface area contributed by atoms with Gasteiger partial charge in [0.25, 0.3) is 5.97 Å². The number of carbonyl (C=O) groups is 2. The molecule has 0 radical (unpaired) electrons. The van der Waals surface area contributed by atoms with E-state index in [2.05, 4.69) is 4.89 Å². The first kappa shape index (κ1) is 38.6. The summed E-state index contributed by atoms with van der Waals surface area (Å²) in [5, 5.41) is 26.7. The van der Waals surface area contributed by atoms with E-state index in [9.17, 15) is 4.79 Å². The molecule has 0 saturated carbocycles. The van der Waals surface area contributed by atoms with Crippen molar-refractivity contribution in [1.29, 1.82) is 0 Å². The predicted molar refractivity (Wildman–Crippen MR) is 51.2 cm³/mol. The molecule has 14 heavy (non-hydrogen) atoms. The minimum atomic E-state index is -0.833. The molecule has 8 nitrogen and oxygen atoms in total. The molecule has 0 bridgehead atoms. The first-order chi connectivity index (χ1) is 5.00. The summed E-state index contributed by atoms with van der Waals surface area (Å²) in [6.07, 6.45) is 0. The maximum absolute atomic E-state index is 9.34. The highest BCUT2D eigenvalue weighted by Crippen LogP contribution is 1.59. The monoisotopic (exact) mass is 221 g/mol. The quantitative estimate of drug-likeness (QED) is 0.346. The van der Waals surface area contributed by atoms with Crippen LogP contribution in [0.25, 0.3) is 0 Å². The molecule has 0 unspecified atom stereocenters. The molecule has 0 fully saturated rings. The Labute approximate surface area is 84.0 Å². The molecular weight excluding hydrogens is 200 g/mol. The van der Waals surface area contributed by atoms with E-state index in [0.29, 0.717) is 0 Å². The third-order valence-corrected chi connectivity index (χ3v) is 0.129. The standard InChI is InChI=1S/C2H4O3.C2H4O2.2CH4.H2O2.H2O/c1-2(3)5-4;1-2(3)4;;;1-2;/h4H,1H3;1H3,(H,3,4);2*1H4;1-2H;1H2/p+1. The Morgan fingerprint density at radius 3 is 1.21 bits per heavy atom. The van der Waals surface area contributed by atoms with Gasteiger partial charge in [0.2, 0.25) is 0 Å². The van der Waals surface area contributed by atoms with Crippen molar-refractivity contribution < 1.29 is 42.3 Å². The number of carboxylic acid groups (broad SMARTS) is 1. The van der Waals surface area contributed by atoms with Gasteiger partial charge < -0.3 is 15.5 Å². The predicted octanol–water partition coefficient (Wildman–Crippen LogP) is 0.691. The summed E-state index contributed by atoms with van der Waals surface area (Å²) in [6, 6.07) is 0. The summed E-state index contributed by atoms with van der Waals surface area (Å²) in [6.45, 7) is 2.19. The van der Waals surface area contributed by atoms with Crippen LogP contribution in [0.4, 0.5) is 0 Å². The van der Waals surface area contributed by atoms with Gasteiger partial charge in [-0.2, -0.15) is 5.26 Å². The maximum Gasteiger partial charge on any atom is 1.00 e. The van der Waals surface area contributed by atoms with Crippen molar-refractivity contribution in [2.75, 3.05) is 0 Å². The number of hydrogen-bond donors (Lipinski definition) is 4. The first-order valence-corrected chi connectivity index (χ1v) is 2.22. The fourth-order valence-electron chi connectivity index (χ4n) is 0. The van der Waals surface area contributed by atoms with Crippen LogP contribution in [0.2, 0.25) is 0 Å².